The summed E-state index contributed by atoms with van der Waals surface area (Å²) in [7, 11) is -2.85. The fraction of sp³-hybridized carbons (Fsp3) is 0.278. The lowest BCUT2D eigenvalue weighted by Gasteiger charge is -2.34. The Morgan fingerprint density at radius 1 is 0.964 bits per heavy atom. The van der Waals surface area contributed by atoms with Crippen molar-refractivity contribution in [3.05, 3.63) is 59.4 Å². The third kappa shape index (κ3) is 3.83. The molecular weight excluding hydrogens is 397 g/mol. The molecule has 0 N–H and O–H groups in total. The van der Waals surface area contributed by atoms with Crippen LogP contribution in [0.1, 0.15) is 10.4 Å². The summed E-state index contributed by atoms with van der Waals surface area (Å²) in [6.45, 7) is -0.0316. The quantitative estimate of drug-likeness (QED) is 0.770. The largest absolute Gasteiger partial charge is 0.494 e. The van der Waals surface area contributed by atoms with Crippen molar-refractivity contribution in [2.75, 3.05) is 33.3 Å². The van der Waals surface area contributed by atoms with Crippen LogP contribution in [0, 0.1) is 17.5 Å². The van der Waals surface area contributed by atoms with Gasteiger partial charge in [0.1, 0.15) is 16.5 Å². The molecule has 2 aromatic carbocycles. The Bertz CT molecular complexity index is 1010. The summed E-state index contributed by atoms with van der Waals surface area (Å²) >= 11 is 0. The van der Waals surface area contributed by atoms with E-state index in [-0.39, 0.29) is 37.5 Å². The number of benzene rings is 2. The van der Waals surface area contributed by atoms with Crippen LogP contribution in [0.5, 0.6) is 5.75 Å². The first-order valence-corrected chi connectivity index (χ1v) is 9.76. The zero-order chi connectivity index (χ0) is 20.5. The number of halogens is 3. The zero-order valence-electron chi connectivity index (χ0n) is 14.9. The molecule has 1 aliphatic rings. The van der Waals surface area contributed by atoms with Gasteiger partial charge in [0, 0.05) is 37.8 Å². The fourth-order valence-electron chi connectivity index (χ4n) is 2.94. The molecule has 1 heterocycles. The van der Waals surface area contributed by atoms with Crippen LogP contribution in [0.15, 0.2) is 41.3 Å². The van der Waals surface area contributed by atoms with E-state index in [2.05, 4.69) is 0 Å². The Morgan fingerprint density at radius 2 is 1.64 bits per heavy atom. The summed E-state index contributed by atoms with van der Waals surface area (Å²) in [5.74, 6) is -3.17. The molecule has 2 aromatic rings. The predicted molar refractivity (Wildman–Crippen MR) is 94.0 cm³/mol. The maximum atomic E-state index is 13.9. The number of hydrogen-bond donors (Lipinski definition) is 0. The lowest BCUT2D eigenvalue weighted by atomic mass is 10.1. The minimum absolute atomic E-state index is 0.00814. The zero-order valence-corrected chi connectivity index (χ0v) is 15.7. The summed E-state index contributed by atoms with van der Waals surface area (Å²) in [6, 6.07) is 6.05. The molecule has 1 saturated heterocycles. The highest BCUT2D eigenvalue weighted by Gasteiger charge is 2.32. The van der Waals surface area contributed by atoms with E-state index in [9.17, 15) is 26.4 Å². The van der Waals surface area contributed by atoms with Crippen molar-refractivity contribution in [1.82, 2.24) is 9.21 Å². The second-order valence-electron chi connectivity index (χ2n) is 6.12. The molecule has 0 aromatic heterocycles. The van der Waals surface area contributed by atoms with Crippen molar-refractivity contribution in [3.63, 3.8) is 0 Å². The van der Waals surface area contributed by atoms with Crippen LogP contribution >= 0.6 is 0 Å². The van der Waals surface area contributed by atoms with E-state index in [1.807, 2.05) is 0 Å². The van der Waals surface area contributed by atoms with E-state index in [1.54, 1.807) is 0 Å². The summed E-state index contributed by atoms with van der Waals surface area (Å²) in [4.78, 5) is 13.3. The smallest absolute Gasteiger partial charge is 0.254 e. The lowest BCUT2D eigenvalue weighted by Crippen LogP contribution is -2.50. The molecule has 3 rings (SSSR count). The van der Waals surface area contributed by atoms with Crippen molar-refractivity contribution >= 4 is 15.9 Å². The third-order valence-corrected chi connectivity index (χ3v) is 6.37. The Labute approximate surface area is 160 Å². The molecule has 28 heavy (non-hydrogen) atoms. The molecule has 10 heteroatoms. The van der Waals surface area contributed by atoms with Crippen molar-refractivity contribution in [2.24, 2.45) is 0 Å². The monoisotopic (exact) mass is 414 g/mol. The van der Waals surface area contributed by atoms with Gasteiger partial charge in [0.25, 0.3) is 5.91 Å². The number of carbonyl (C=O) groups is 1. The highest BCUT2D eigenvalue weighted by Crippen LogP contribution is 2.23. The first-order chi connectivity index (χ1) is 13.2. The Hall–Kier alpha value is -2.59. The minimum atomic E-state index is -4.16. The SMILES string of the molecule is COc1ccc(C(=O)N2CCN(S(=O)(=O)c3ccc(F)cc3F)CC2)cc1F. The molecule has 0 unspecified atom stereocenters. The molecule has 1 fully saturated rings. The Balaban J connectivity index is 1.71. The number of nitrogens with zero attached hydrogens (tertiary/aromatic N) is 2. The number of ether oxygens (including phenoxy) is 1. The number of amides is 1. The van der Waals surface area contributed by atoms with Crippen LogP contribution in [0.3, 0.4) is 0 Å². The first kappa shape index (κ1) is 20.2. The number of sulfonamides is 1. The van der Waals surface area contributed by atoms with E-state index in [1.165, 1.54) is 24.1 Å². The van der Waals surface area contributed by atoms with Gasteiger partial charge in [-0.2, -0.15) is 4.31 Å². The molecule has 1 amide bonds. The van der Waals surface area contributed by atoms with E-state index in [4.69, 9.17) is 4.74 Å². The fourth-order valence-corrected chi connectivity index (χ4v) is 4.40. The summed E-state index contributed by atoms with van der Waals surface area (Å²) < 4.78 is 71.7. The van der Waals surface area contributed by atoms with Crippen LogP contribution in [0.4, 0.5) is 13.2 Å². The van der Waals surface area contributed by atoms with Crippen LogP contribution in [0.2, 0.25) is 0 Å². The van der Waals surface area contributed by atoms with E-state index in [0.717, 1.165) is 22.5 Å². The molecule has 6 nitrogen and oxygen atoms in total. The summed E-state index contributed by atoms with van der Waals surface area (Å²) in [5, 5.41) is 0. The second-order valence-corrected chi connectivity index (χ2v) is 8.03. The standard InChI is InChI=1S/C18H17F3N2O4S/c1-27-16-4-2-12(10-14(16)20)18(24)22-6-8-23(9-7-22)28(25,26)17-5-3-13(19)11-15(17)21/h2-5,10-11H,6-9H2,1H3. The van der Waals surface area contributed by atoms with Gasteiger partial charge in [0.2, 0.25) is 10.0 Å². The van der Waals surface area contributed by atoms with Gasteiger partial charge >= 0.3 is 0 Å². The number of rotatable bonds is 4. The third-order valence-electron chi connectivity index (χ3n) is 4.44. The minimum Gasteiger partial charge on any atom is -0.494 e. The van der Waals surface area contributed by atoms with Gasteiger partial charge in [-0.3, -0.25) is 4.79 Å². The van der Waals surface area contributed by atoms with Crippen molar-refractivity contribution in [3.8, 4) is 5.75 Å². The van der Waals surface area contributed by atoms with Gasteiger partial charge in [-0.25, -0.2) is 21.6 Å². The normalized spacial score (nSPS) is 15.5. The second kappa shape index (κ2) is 7.80. The topological polar surface area (TPSA) is 66.9 Å². The van der Waals surface area contributed by atoms with Crippen LogP contribution in [-0.4, -0.2) is 56.8 Å². The van der Waals surface area contributed by atoms with E-state index < -0.39 is 38.3 Å². The highest BCUT2D eigenvalue weighted by molar-refractivity contribution is 7.89. The molecule has 0 bridgehead atoms. The van der Waals surface area contributed by atoms with Gasteiger partial charge in [-0.15, -0.1) is 0 Å². The molecule has 0 aliphatic carbocycles. The average Bonchev–Trinajstić information content (AvgIpc) is 2.67. The van der Waals surface area contributed by atoms with Gasteiger partial charge in [-0.1, -0.05) is 0 Å². The first-order valence-electron chi connectivity index (χ1n) is 8.32. The lowest BCUT2D eigenvalue weighted by molar-refractivity contribution is 0.0697. The molecule has 150 valence electrons. The average molecular weight is 414 g/mol. The highest BCUT2D eigenvalue weighted by atomic mass is 32.2. The van der Waals surface area contributed by atoms with Crippen LogP contribution in [0.25, 0.3) is 0 Å². The molecule has 0 spiro atoms. The number of piperazine rings is 1. The summed E-state index contributed by atoms with van der Waals surface area (Å²) in [6.07, 6.45) is 0. The van der Waals surface area contributed by atoms with E-state index >= 15 is 0 Å². The molecule has 1 aliphatic heterocycles. The number of carbonyl (C=O) groups excluding carboxylic acids is 1. The van der Waals surface area contributed by atoms with Crippen LogP contribution < -0.4 is 4.74 Å². The van der Waals surface area contributed by atoms with Crippen LogP contribution in [-0.2, 0) is 10.0 Å². The van der Waals surface area contributed by atoms with E-state index in [0.29, 0.717) is 6.07 Å². The van der Waals surface area contributed by atoms with Gasteiger partial charge < -0.3 is 9.64 Å². The Kier molecular flexibility index (Phi) is 5.61. The van der Waals surface area contributed by atoms with Gasteiger partial charge in [-0.05, 0) is 30.3 Å². The molecular formula is C18H17F3N2O4S. The maximum Gasteiger partial charge on any atom is 0.254 e. The van der Waals surface area contributed by atoms with Gasteiger partial charge in [0.15, 0.2) is 11.6 Å². The van der Waals surface area contributed by atoms with Gasteiger partial charge in [0.05, 0.1) is 7.11 Å². The Morgan fingerprint density at radius 3 is 2.21 bits per heavy atom. The maximum absolute atomic E-state index is 13.9. The van der Waals surface area contributed by atoms with Crippen molar-refractivity contribution in [2.45, 2.75) is 4.90 Å². The molecule has 0 radical (unpaired) electrons. The van der Waals surface area contributed by atoms with Crippen molar-refractivity contribution < 1.29 is 31.1 Å². The van der Waals surface area contributed by atoms with Crippen molar-refractivity contribution in [1.29, 1.82) is 0 Å². The number of hydrogen-bond acceptors (Lipinski definition) is 4. The summed E-state index contributed by atoms with van der Waals surface area (Å²) in [5.41, 5.74) is 0.110. The molecule has 0 saturated carbocycles. The molecule has 0 atom stereocenters. The number of methoxy groups -OCH3 is 1. The predicted octanol–water partition coefficient (Wildman–Crippen LogP) is 2.26.